The van der Waals surface area contributed by atoms with Gasteiger partial charge in [0.25, 0.3) is 0 Å². The van der Waals surface area contributed by atoms with E-state index in [1.807, 2.05) is 6.92 Å². The molecule has 0 fully saturated rings. The molecule has 0 saturated heterocycles. The van der Waals surface area contributed by atoms with Gasteiger partial charge in [0.2, 0.25) is 0 Å². The number of rotatable bonds is 8. The second-order valence-electron chi connectivity index (χ2n) is 4.77. The summed E-state index contributed by atoms with van der Waals surface area (Å²) >= 11 is 0. The van der Waals surface area contributed by atoms with E-state index in [-0.39, 0.29) is 6.54 Å². The lowest BCUT2D eigenvalue weighted by molar-refractivity contribution is -0.132. The minimum atomic E-state index is -4.16. The zero-order valence-corrected chi connectivity index (χ0v) is 12.8. The predicted molar refractivity (Wildman–Crippen MR) is 77.0 cm³/mol. The quantitative estimate of drug-likeness (QED) is 0.533. The highest BCUT2D eigenvalue weighted by Gasteiger charge is 2.26. The summed E-state index contributed by atoms with van der Waals surface area (Å²) in [7, 11) is 0. The molecule has 0 bridgehead atoms. The number of nitrogens with zero attached hydrogens (tertiary/aromatic N) is 2. The normalized spacial score (nSPS) is 13.2. The maximum absolute atomic E-state index is 12.1. The lowest BCUT2D eigenvalue weighted by atomic mass is 10.3. The summed E-state index contributed by atoms with van der Waals surface area (Å²) in [5.74, 6) is 0.441. The minimum absolute atomic E-state index is 0.249. The number of hydrogen-bond acceptors (Lipinski definition) is 2. The first kappa shape index (κ1) is 19.0. The molecule has 0 radical (unpaired) electrons. The first-order chi connectivity index (χ1) is 9.30. The van der Waals surface area contributed by atoms with Crippen molar-refractivity contribution in [2.45, 2.75) is 46.3 Å². The van der Waals surface area contributed by atoms with Crippen LogP contribution in [0.4, 0.5) is 13.2 Å². The van der Waals surface area contributed by atoms with Gasteiger partial charge in [-0.25, -0.2) is 0 Å². The highest BCUT2D eigenvalue weighted by atomic mass is 19.4. The third-order valence-corrected chi connectivity index (χ3v) is 2.84. The van der Waals surface area contributed by atoms with E-state index in [1.165, 1.54) is 0 Å². The van der Waals surface area contributed by atoms with Crippen molar-refractivity contribution >= 4 is 5.96 Å². The fourth-order valence-corrected chi connectivity index (χ4v) is 1.74. The van der Waals surface area contributed by atoms with E-state index < -0.39 is 12.6 Å². The third-order valence-electron chi connectivity index (χ3n) is 2.84. The van der Waals surface area contributed by atoms with E-state index >= 15 is 0 Å². The molecule has 0 spiro atoms. The maximum atomic E-state index is 12.1. The SMILES string of the molecule is CCNC(=NCCC(F)(F)F)NCCN(CC)C(C)C. The summed E-state index contributed by atoms with van der Waals surface area (Å²) in [5, 5.41) is 6.00. The molecule has 0 aliphatic heterocycles. The summed E-state index contributed by atoms with van der Waals surface area (Å²) in [5.41, 5.74) is 0. The van der Waals surface area contributed by atoms with Crippen LogP contribution in [0.15, 0.2) is 4.99 Å². The first-order valence-corrected chi connectivity index (χ1v) is 7.13. The molecule has 0 aliphatic rings. The van der Waals surface area contributed by atoms with E-state index in [1.54, 1.807) is 0 Å². The average molecular weight is 296 g/mol. The van der Waals surface area contributed by atoms with Gasteiger partial charge in [-0.3, -0.25) is 9.89 Å². The first-order valence-electron chi connectivity index (χ1n) is 7.13. The van der Waals surface area contributed by atoms with Crippen LogP contribution in [-0.4, -0.2) is 55.8 Å². The van der Waals surface area contributed by atoms with Crippen LogP contribution in [-0.2, 0) is 0 Å². The molecule has 0 atom stereocenters. The molecule has 0 unspecified atom stereocenters. The highest BCUT2D eigenvalue weighted by molar-refractivity contribution is 5.79. The Hall–Kier alpha value is -0.980. The Bertz CT molecular complexity index is 277. The van der Waals surface area contributed by atoms with Crippen LogP contribution in [0.25, 0.3) is 0 Å². The van der Waals surface area contributed by atoms with Gasteiger partial charge in [-0.2, -0.15) is 13.2 Å². The molecular formula is C13H27F3N4. The van der Waals surface area contributed by atoms with Gasteiger partial charge in [-0.05, 0) is 27.3 Å². The minimum Gasteiger partial charge on any atom is -0.357 e. The maximum Gasteiger partial charge on any atom is 0.390 e. The zero-order chi connectivity index (χ0) is 15.6. The number of likely N-dealkylation sites (N-methyl/N-ethyl adjacent to an activating group) is 1. The standard InChI is InChI=1S/C13H27F3N4/c1-5-17-12(18-8-7-13(14,15)16)19-9-10-20(6-2)11(3)4/h11H,5-10H2,1-4H3,(H2,17,18,19). The van der Waals surface area contributed by atoms with Crippen LogP contribution in [0.3, 0.4) is 0 Å². The van der Waals surface area contributed by atoms with Crippen molar-refractivity contribution in [3.63, 3.8) is 0 Å². The fourth-order valence-electron chi connectivity index (χ4n) is 1.74. The second-order valence-corrected chi connectivity index (χ2v) is 4.77. The number of aliphatic imine (C=N–C) groups is 1. The Balaban J connectivity index is 4.16. The smallest absolute Gasteiger partial charge is 0.357 e. The average Bonchev–Trinajstić information content (AvgIpc) is 2.32. The van der Waals surface area contributed by atoms with E-state index in [0.29, 0.717) is 25.1 Å². The lowest BCUT2D eigenvalue weighted by Gasteiger charge is -2.25. The lowest BCUT2D eigenvalue weighted by Crippen LogP contribution is -2.43. The molecule has 0 aromatic rings. The van der Waals surface area contributed by atoms with Crippen LogP contribution in [0.5, 0.6) is 0 Å². The second kappa shape index (κ2) is 9.85. The van der Waals surface area contributed by atoms with Gasteiger partial charge in [-0.1, -0.05) is 6.92 Å². The third kappa shape index (κ3) is 9.89. The summed E-state index contributed by atoms with van der Waals surface area (Å²) in [4.78, 5) is 6.19. The molecule has 20 heavy (non-hydrogen) atoms. The van der Waals surface area contributed by atoms with Gasteiger partial charge >= 0.3 is 6.18 Å². The van der Waals surface area contributed by atoms with Crippen molar-refractivity contribution in [3.05, 3.63) is 0 Å². The van der Waals surface area contributed by atoms with Crippen LogP contribution < -0.4 is 10.6 Å². The molecule has 7 heteroatoms. The Labute approximate surface area is 119 Å². The number of alkyl halides is 3. The Morgan fingerprint density at radius 3 is 2.30 bits per heavy atom. The van der Waals surface area contributed by atoms with Crippen LogP contribution in [0.1, 0.15) is 34.1 Å². The van der Waals surface area contributed by atoms with Gasteiger partial charge < -0.3 is 10.6 Å². The molecular weight excluding hydrogens is 269 g/mol. The largest absolute Gasteiger partial charge is 0.390 e. The van der Waals surface area contributed by atoms with Crippen molar-refractivity contribution in [1.29, 1.82) is 0 Å². The van der Waals surface area contributed by atoms with Crippen LogP contribution >= 0.6 is 0 Å². The van der Waals surface area contributed by atoms with Crippen molar-refractivity contribution in [3.8, 4) is 0 Å². The Kier molecular flexibility index (Phi) is 9.37. The van der Waals surface area contributed by atoms with Crippen molar-refractivity contribution in [1.82, 2.24) is 15.5 Å². The van der Waals surface area contributed by atoms with Crippen molar-refractivity contribution in [2.75, 3.05) is 32.7 Å². The Morgan fingerprint density at radius 1 is 1.20 bits per heavy atom. The number of hydrogen-bond donors (Lipinski definition) is 2. The fraction of sp³-hybridized carbons (Fsp3) is 0.923. The van der Waals surface area contributed by atoms with Gasteiger partial charge in [0.15, 0.2) is 5.96 Å². The van der Waals surface area contributed by atoms with Gasteiger partial charge in [-0.15, -0.1) is 0 Å². The van der Waals surface area contributed by atoms with Gasteiger partial charge in [0.05, 0.1) is 13.0 Å². The molecule has 0 saturated carbocycles. The summed E-state index contributed by atoms with van der Waals surface area (Å²) < 4.78 is 36.2. The molecule has 0 aliphatic carbocycles. The Morgan fingerprint density at radius 2 is 1.85 bits per heavy atom. The zero-order valence-electron chi connectivity index (χ0n) is 12.8. The summed E-state index contributed by atoms with van der Waals surface area (Å²) in [6.07, 6.45) is -5.05. The van der Waals surface area contributed by atoms with Crippen molar-refractivity contribution < 1.29 is 13.2 Å². The monoisotopic (exact) mass is 296 g/mol. The molecule has 2 N–H and O–H groups in total. The van der Waals surface area contributed by atoms with Crippen LogP contribution in [0, 0.1) is 0 Å². The summed E-state index contributed by atoms with van der Waals surface area (Å²) in [6.45, 7) is 11.0. The predicted octanol–water partition coefficient (Wildman–Crippen LogP) is 2.22. The molecule has 0 aromatic carbocycles. The van der Waals surface area contributed by atoms with E-state index in [0.717, 1.165) is 13.1 Å². The molecule has 4 nitrogen and oxygen atoms in total. The van der Waals surface area contributed by atoms with E-state index in [2.05, 4.69) is 41.3 Å². The van der Waals surface area contributed by atoms with Crippen molar-refractivity contribution in [2.24, 2.45) is 4.99 Å². The van der Waals surface area contributed by atoms with Gasteiger partial charge in [0.1, 0.15) is 0 Å². The number of nitrogens with one attached hydrogen (secondary N) is 2. The van der Waals surface area contributed by atoms with Gasteiger partial charge in [0, 0.05) is 25.7 Å². The van der Waals surface area contributed by atoms with Crippen LogP contribution in [0.2, 0.25) is 0 Å². The molecule has 0 rings (SSSR count). The van der Waals surface area contributed by atoms with E-state index in [4.69, 9.17) is 0 Å². The number of halogens is 3. The topological polar surface area (TPSA) is 39.7 Å². The molecule has 0 heterocycles. The van der Waals surface area contributed by atoms with E-state index in [9.17, 15) is 13.2 Å². The molecule has 0 aromatic heterocycles. The highest BCUT2D eigenvalue weighted by Crippen LogP contribution is 2.18. The summed E-state index contributed by atoms with van der Waals surface area (Å²) in [6, 6.07) is 0.451. The molecule has 120 valence electrons. The molecule has 0 amide bonds. The number of guanidine groups is 1.